The first-order valence-corrected chi connectivity index (χ1v) is 12.1. The van der Waals surface area contributed by atoms with E-state index in [4.69, 9.17) is 4.74 Å². The number of rotatable bonds is 0. The molecule has 1 saturated heterocycles. The minimum Gasteiger partial charge on any atom is -0.444 e. The third-order valence-electron chi connectivity index (χ3n) is 2.23. The number of nitrogens with zero attached hydrogens (tertiary/aromatic N) is 1. The molecule has 31 heavy (non-hydrogen) atoms. The number of methoxy groups -OCH3 is 1. The molecule has 5 heteroatoms. The summed E-state index contributed by atoms with van der Waals surface area (Å²) in [4.78, 5) is 13.0. The van der Waals surface area contributed by atoms with Crippen LogP contribution >= 0.6 is 0 Å². The molecule has 0 aromatic rings. The summed E-state index contributed by atoms with van der Waals surface area (Å²) in [6.45, 7) is 29.2. The molecule has 194 valence electrons. The Morgan fingerprint density at radius 3 is 1.35 bits per heavy atom. The van der Waals surface area contributed by atoms with Crippen LogP contribution in [0.4, 0.5) is 4.79 Å². The van der Waals surface area contributed by atoms with Crippen LogP contribution in [0.3, 0.4) is 0 Å². The predicted octanol–water partition coefficient (Wildman–Crippen LogP) is 8.15. The second-order valence-electron chi connectivity index (χ2n) is 10.2. The predicted molar refractivity (Wildman–Crippen MR) is 139 cm³/mol. The molecule has 1 aliphatic rings. The molecule has 0 spiro atoms. The van der Waals surface area contributed by atoms with Crippen molar-refractivity contribution in [2.75, 3.05) is 20.8 Å². The number of hydrogen-bond acceptors (Lipinski definition) is 4. The van der Waals surface area contributed by atoms with Gasteiger partial charge in [-0.3, -0.25) is 4.90 Å². The third kappa shape index (κ3) is 48.1. The standard InChI is InChI=1S/C10H19NO3.2C4H10.2C3H8.C2H6O/c1-9(2,3)14-8(12)11-7-5-6-10(11,4)13;2*1-4(2)3;3*1-3-2/h13H,5-7H2,1-4H3;2*4H,1-3H3;2*3H2,1-2H3;1-2H3. The molecular formula is C26H61NO4. The summed E-state index contributed by atoms with van der Waals surface area (Å²) in [5, 5.41) is 9.85. The summed E-state index contributed by atoms with van der Waals surface area (Å²) in [6.07, 6.45) is 3.51. The van der Waals surface area contributed by atoms with E-state index in [1.54, 1.807) is 21.1 Å². The maximum Gasteiger partial charge on any atom is 0.412 e. The zero-order valence-corrected chi connectivity index (χ0v) is 24.3. The fourth-order valence-corrected chi connectivity index (χ4v) is 1.55. The molecule has 0 aromatic heterocycles. The van der Waals surface area contributed by atoms with E-state index in [1.807, 2.05) is 20.8 Å². The van der Waals surface area contributed by atoms with Crippen molar-refractivity contribution in [1.29, 1.82) is 0 Å². The maximum absolute atomic E-state index is 11.6. The molecular weight excluding hydrogens is 390 g/mol. The second-order valence-corrected chi connectivity index (χ2v) is 10.2. The lowest BCUT2D eigenvalue weighted by Gasteiger charge is -2.32. The Kier molecular flexibility index (Phi) is 33.3. The number of carbonyl (C=O) groups excluding carboxylic acids is 1. The highest BCUT2D eigenvalue weighted by Crippen LogP contribution is 2.27. The van der Waals surface area contributed by atoms with Crippen LogP contribution in [0.15, 0.2) is 0 Å². The van der Waals surface area contributed by atoms with Crippen LogP contribution in [0.5, 0.6) is 0 Å². The van der Waals surface area contributed by atoms with Gasteiger partial charge < -0.3 is 14.6 Å². The highest BCUT2D eigenvalue weighted by molar-refractivity contribution is 5.69. The number of likely N-dealkylation sites (tertiary alicyclic amines) is 1. The average molecular weight is 452 g/mol. The Balaban J connectivity index is -0.000000109. The monoisotopic (exact) mass is 451 g/mol. The summed E-state index contributed by atoms with van der Waals surface area (Å²) in [6, 6.07) is 0. The lowest BCUT2D eigenvalue weighted by Crippen LogP contribution is -2.47. The first kappa shape index (κ1) is 40.5. The molecule has 5 nitrogen and oxygen atoms in total. The smallest absolute Gasteiger partial charge is 0.412 e. The summed E-state index contributed by atoms with van der Waals surface area (Å²) in [5.41, 5.74) is -1.54. The van der Waals surface area contributed by atoms with Crippen molar-refractivity contribution in [1.82, 2.24) is 4.90 Å². The SMILES string of the molecule is CC(C)(C)OC(=O)N1CCCC1(C)O.CC(C)C.CC(C)C.CCC.CCC.COC. The first-order chi connectivity index (χ1) is 13.9. The maximum atomic E-state index is 11.6. The van der Waals surface area contributed by atoms with E-state index in [0.717, 1.165) is 18.3 Å². The Hall–Kier alpha value is -0.810. The summed E-state index contributed by atoms with van der Waals surface area (Å²) >= 11 is 0. The number of aliphatic hydroxyl groups is 1. The van der Waals surface area contributed by atoms with Crippen LogP contribution in [0.25, 0.3) is 0 Å². The van der Waals surface area contributed by atoms with Crippen LogP contribution in [-0.4, -0.2) is 48.2 Å². The van der Waals surface area contributed by atoms with Crippen molar-refractivity contribution in [3.63, 3.8) is 0 Å². The molecule has 1 aliphatic heterocycles. The van der Waals surface area contributed by atoms with Gasteiger partial charge in [0.15, 0.2) is 0 Å². The Labute approximate surface area is 197 Å². The van der Waals surface area contributed by atoms with Gasteiger partial charge in [0.05, 0.1) is 0 Å². The van der Waals surface area contributed by atoms with E-state index >= 15 is 0 Å². The molecule has 1 rings (SSSR count). The fraction of sp³-hybridized carbons (Fsp3) is 0.962. The molecule has 0 aromatic carbocycles. The van der Waals surface area contributed by atoms with Crippen LogP contribution < -0.4 is 0 Å². The molecule has 1 unspecified atom stereocenters. The highest BCUT2D eigenvalue weighted by Gasteiger charge is 2.39. The van der Waals surface area contributed by atoms with Crippen LogP contribution in [0, 0.1) is 11.8 Å². The summed E-state index contributed by atoms with van der Waals surface area (Å²) in [7, 11) is 3.25. The van der Waals surface area contributed by atoms with E-state index in [1.165, 1.54) is 17.7 Å². The third-order valence-corrected chi connectivity index (χ3v) is 2.23. The van der Waals surface area contributed by atoms with Crippen LogP contribution in [0.2, 0.25) is 0 Å². The molecule has 0 radical (unpaired) electrons. The van der Waals surface area contributed by atoms with Crippen molar-refractivity contribution in [3.8, 4) is 0 Å². The average Bonchev–Trinajstić information content (AvgIpc) is 2.86. The zero-order valence-electron chi connectivity index (χ0n) is 24.3. The van der Waals surface area contributed by atoms with Gasteiger partial charge >= 0.3 is 6.09 Å². The minimum absolute atomic E-state index is 0.431. The van der Waals surface area contributed by atoms with Crippen molar-refractivity contribution in [2.24, 2.45) is 11.8 Å². The van der Waals surface area contributed by atoms with Gasteiger partial charge in [-0.1, -0.05) is 82.1 Å². The number of ether oxygens (including phenoxy) is 2. The van der Waals surface area contributed by atoms with E-state index in [9.17, 15) is 9.90 Å². The lowest BCUT2D eigenvalue weighted by atomic mass is 10.2. The molecule has 1 amide bonds. The molecule has 1 fully saturated rings. The molecule has 1 atom stereocenters. The Bertz CT molecular complexity index is 332. The fourth-order valence-electron chi connectivity index (χ4n) is 1.55. The van der Waals surface area contributed by atoms with Crippen molar-refractivity contribution in [3.05, 3.63) is 0 Å². The lowest BCUT2D eigenvalue weighted by molar-refractivity contribution is -0.0710. The minimum atomic E-state index is -1.04. The van der Waals surface area contributed by atoms with Gasteiger partial charge in [0, 0.05) is 20.8 Å². The molecule has 0 bridgehead atoms. The quantitative estimate of drug-likeness (QED) is 0.403. The van der Waals surface area contributed by atoms with E-state index < -0.39 is 17.4 Å². The number of hydrogen-bond donors (Lipinski definition) is 1. The Morgan fingerprint density at radius 2 is 1.19 bits per heavy atom. The van der Waals surface area contributed by atoms with Gasteiger partial charge in [-0.25, -0.2) is 4.79 Å². The molecule has 0 saturated carbocycles. The zero-order chi connectivity index (χ0) is 26.3. The number of amides is 1. The van der Waals surface area contributed by atoms with E-state index in [-0.39, 0.29) is 0 Å². The van der Waals surface area contributed by atoms with Gasteiger partial charge in [0.25, 0.3) is 0 Å². The van der Waals surface area contributed by atoms with Gasteiger partial charge in [-0.05, 0) is 52.4 Å². The van der Waals surface area contributed by atoms with E-state index in [2.05, 4.69) is 74.0 Å². The Morgan fingerprint density at radius 1 is 0.935 bits per heavy atom. The van der Waals surface area contributed by atoms with Crippen molar-refractivity contribution < 1.29 is 19.4 Å². The molecule has 0 aliphatic carbocycles. The molecule has 1 heterocycles. The van der Waals surface area contributed by atoms with Crippen molar-refractivity contribution >= 4 is 6.09 Å². The summed E-state index contributed by atoms with van der Waals surface area (Å²) in [5.74, 6) is 1.67. The van der Waals surface area contributed by atoms with Crippen LogP contribution in [-0.2, 0) is 9.47 Å². The van der Waals surface area contributed by atoms with Gasteiger partial charge in [0.1, 0.15) is 11.3 Å². The van der Waals surface area contributed by atoms with Gasteiger partial charge in [0.2, 0.25) is 0 Å². The topological polar surface area (TPSA) is 59.0 Å². The first-order valence-electron chi connectivity index (χ1n) is 12.1. The molecule has 1 N–H and O–H groups in total. The normalized spacial score (nSPS) is 16.7. The number of carbonyl (C=O) groups is 1. The van der Waals surface area contributed by atoms with Crippen LogP contribution in [0.1, 0.15) is 123 Å². The van der Waals surface area contributed by atoms with Gasteiger partial charge in [-0.15, -0.1) is 0 Å². The summed E-state index contributed by atoms with van der Waals surface area (Å²) < 4.78 is 9.43. The van der Waals surface area contributed by atoms with Gasteiger partial charge in [-0.2, -0.15) is 0 Å². The highest BCUT2D eigenvalue weighted by atomic mass is 16.6. The largest absolute Gasteiger partial charge is 0.444 e. The second kappa shape index (κ2) is 25.5. The van der Waals surface area contributed by atoms with E-state index in [0.29, 0.717) is 13.0 Å². The van der Waals surface area contributed by atoms with Crippen molar-refractivity contribution in [2.45, 2.75) is 134 Å².